The number of hydrogen-bond donors (Lipinski definition) is 0. The third kappa shape index (κ3) is 2.51. The van der Waals surface area contributed by atoms with Crippen LogP contribution in [0.5, 0.6) is 0 Å². The molecule has 0 fully saturated rings. The molecular formula is C16H12BrClN2O2. The van der Waals surface area contributed by atoms with Crippen LogP contribution in [0.2, 0.25) is 5.02 Å². The Labute approximate surface area is 140 Å². The van der Waals surface area contributed by atoms with Crippen LogP contribution in [0.15, 0.2) is 41.0 Å². The first-order valence-electron chi connectivity index (χ1n) is 6.54. The van der Waals surface area contributed by atoms with Gasteiger partial charge in [-0.15, -0.1) is 0 Å². The van der Waals surface area contributed by atoms with Crippen molar-refractivity contribution in [3.05, 3.63) is 57.2 Å². The number of halogens is 2. The number of nitrogens with zero attached hydrogens (tertiary/aromatic N) is 2. The highest BCUT2D eigenvalue weighted by molar-refractivity contribution is 9.10. The van der Waals surface area contributed by atoms with Crippen molar-refractivity contribution in [1.29, 1.82) is 0 Å². The predicted octanol–water partition coefficient (Wildman–Crippen LogP) is 4.54. The fraction of sp³-hybridized carbons (Fsp3) is 0.125. The number of fused-ring (bicyclic) bond motifs is 1. The molecule has 0 spiro atoms. The van der Waals surface area contributed by atoms with Crippen LogP contribution in [-0.2, 0) is 4.74 Å². The number of ether oxygens (including phenoxy) is 1. The van der Waals surface area contributed by atoms with Crippen LogP contribution >= 0.6 is 27.5 Å². The molecule has 112 valence electrons. The zero-order valence-electron chi connectivity index (χ0n) is 11.9. The maximum atomic E-state index is 11.7. The molecule has 0 amide bonds. The van der Waals surface area contributed by atoms with E-state index in [9.17, 15) is 4.79 Å². The molecule has 0 N–H and O–H groups in total. The van der Waals surface area contributed by atoms with Crippen LogP contribution in [0.25, 0.3) is 16.6 Å². The van der Waals surface area contributed by atoms with E-state index in [1.54, 1.807) is 16.8 Å². The quantitative estimate of drug-likeness (QED) is 0.614. The number of aromatic nitrogens is 2. The molecular weight excluding hydrogens is 368 g/mol. The average molecular weight is 380 g/mol. The highest BCUT2D eigenvalue weighted by Gasteiger charge is 2.14. The van der Waals surface area contributed by atoms with Crippen LogP contribution < -0.4 is 0 Å². The Morgan fingerprint density at radius 2 is 2.14 bits per heavy atom. The van der Waals surface area contributed by atoms with Gasteiger partial charge in [0.2, 0.25) is 0 Å². The van der Waals surface area contributed by atoms with E-state index in [0.29, 0.717) is 16.1 Å². The number of benzene rings is 2. The minimum Gasteiger partial charge on any atom is -0.465 e. The molecule has 6 heteroatoms. The van der Waals surface area contributed by atoms with Crippen LogP contribution in [0.3, 0.4) is 0 Å². The lowest BCUT2D eigenvalue weighted by Crippen LogP contribution is -2.00. The van der Waals surface area contributed by atoms with Crippen molar-refractivity contribution < 1.29 is 9.53 Å². The molecule has 0 aliphatic rings. The monoisotopic (exact) mass is 378 g/mol. The lowest BCUT2D eigenvalue weighted by molar-refractivity contribution is 0.0601. The lowest BCUT2D eigenvalue weighted by atomic mass is 10.1. The van der Waals surface area contributed by atoms with Gasteiger partial charge in [-0.2, -0.15) is 5.10 Å². The summed E-state index contributed by atoms with van der Waals surface area (Å²) < 4.78 is 7.50. The van der Waals surface area contributed by atoms with Gasteiger partial charge in [0.15, 0.2) is 0 Å². The Hall–Kier alpha value is -1.85. The van der Waals surface area contributed by atoms with Crippen molar-refractivity contribution in [3.63, 3.8) is 0 Å². The zero-order valence-corrected chi connectivity index (χ0v) is 14.3. The molecule has 0 saturated carbocycles. The summed E-state index contributed by atoms with van der Waals surface area (Å²) in [6.07, 6.45) is 1.85. The van der Waals surface area contributed by atoms with E-state index in [0.717, 1.165) is 21.1 Å². The molecule has 4 nitrogen and oxygen atoms in total. The zero-order chi connectivity index (χ0) is 15.9. The average Bonchev–Trinajstić information content (AvgIpc) is 2.93. The van der Waals surface area contributed by atoms with E-state index in [1.165, 1.54) is 7.11 Å². The summed E-state index contributed by atoms with van der Waals surface area (Å²) in [5.41, 5.74) is 3.07. The minimum absolute atomic E-state index is 0.408. The molecule has 1 aromatic heterocycles. The molecule has 0 radical (unpaired) electrons. The molecule has 0 aliphatic heterocycles. The van der Waals surface area contributed by atoms with E-state index >= 15 is 0 Å². The number of rotatable bonds is 2. The summed E-state index contributed by atoms with van der Waals surface area (Å²) in [7, 11) is 1.34. The highest BCUT2D eigenvalue weighted by Crippen LogP contribution is 2.28. The van der Waals surface area contributed by atoms with Crippen molar-refractivity contribution in [2.75, 3.05) is 7.11 Å². The molecule has 3 aromatic rings. The van der Waals surface area contributed by atoms with Gasteiger partial charge in [-0.1, -0.05) is 33.6 Å². The number of hydrogen-bond acceptors (Lipinski definition) is 3. The first kappa shape index (κ1) is 15.1. The van der Waals surface area contributed by atoms with Crippen molar-refractivity contribution in [3.8, 4) is 5.69 Å². The summed E-state index contributed by atoms with van der Waals surface area (Å²) in [6.45, 7) is 2.01. The van der Waals surface area contributed by atoms with Gasteiger partial charge in [0, 0.05) is 16.1 Å². The fourth-order valence-electron chi connectivity index (χ4n) is 2.30. The molecule has 0 bridgehead atoms. The van der Waals surface area contributed by atoms with Crippen molar-refractivity contribution in [1.82, 2.24) is 9.78 Å². The van der Waals surface area contributed by atoms with Gasteiger partial charge in [-0.05, 0) is 36.8 Å². The third-order valence-electron chi connectivity index (χ3n) is 3.47. The SMILES string of the molecule is COC(=O)c1cc(Cl)c2nn(-c3cccc(Br)c3C)cc2c1. The minimum atomic E-state index is -0.421. The lowest BCUT2D eigenvalue weighted by Gasteiger charge is -2.06. The predicted molar refractivity (Wildman–Crippen MR) is 89.9 cm³/mol. The second kappa shape index (κ2) is 5.74. The molecule has 2 aromatic carbocycles. The van der Waals surface area contributed by atoms with E-state index in [4.69, 9.17) is 16.3 Å². The van der Waals surface area contributed by atoms with Crippen LogP contribution in [-0.4, -0.2) is 22.9 Å². The van der Waals surface area contributed by atoms with E-state index in [2.05, 4.69) is 21.0 Å². The molecule has 0 atom stereocenters. The number of carbonyl (C=O) groups excluding carboxylic acids is 1. The van der Waals surface area contributed by atoms with E-state index in [-0.39, 0.29) is 0 Å². The molecule has 22 heavy (non-hydrogen) atoms. The summed E-state index contributed by atoms with van der Waals surface area (Å²) in [5, 5.41) is 5.73. The largest absolute Gasteiger partial charge is 0.465 e. The Bertz CT molecular complexity index is 889. The smallest absolute Gasteiger partial charge is 0.337 e. The standard InChI is InChI=1S/C16H12BrClN2O2/c1-9-12(17)4-3-5-14(9)20-8-11-6-10(16(21)22-2)7-13(18)15(11)19-20/h3-8H,1-2H3. The van der Waals surface area contributed by atoms with Crippen molar-refractivity contribution in [2.45, 2.75) is 6.92 Å². The summed E-state index contributed by atoms with van der Waals surface area (Å²) >= 11 is 9.76. The summed E-state index contributed by atoms with van der Waals surface area (Å²) in [5.74, 6) is -0.421. The van der Waals surface area contributed by atoms with E-state index in [1.807, 2.05) is 31.3 Å². The first-order valence-corrected chi connectivity index (χ1v) is 7.71. The first-order chi connectivity index (χ1) is 10.5. The second-order valence-corrected chi connectivity index (χ2v) is 6.11. The molecule has 3 rings (SSSR count). The van der Waals surface area contributed by atoms with Crippen molar-refractivity contribution >= 4 is 44.4 Å². The van der Waals surface area contributed by atoms with Gasteiger partial charge in [0.05, 0.1) is 23.4 Å². The highest BCUT2D eigenvalue weighted by atomic mass is 79.9. The number of esters is 1. The van der Waals surface area contributed by atoms with Gasteiger partial charge >= 0.3 is 5.97 Å². The van der Waals surface area contributed by atoms with Crippen LogP contribution in [0.4, 0.5) is 0 Å². The number of carbonyl (C=O) groups is 1. The van der Waals surface area contributed by atoms with Gasteiger partial charge in [0.1, 0.15) is 5.52 Å². The van der Waals surface area contributed by atoms with Gasteiger partial charge in [-0.25, -0.2) is 9.48 Å². The topological polar surface area (TPSA) is 44.1 Å². The summed E-state index contributed by atoms with van der Waals surface area (Å²) in [4.78, 5) is 11.7. The number of methoxy groups -OCH3 is 1. The van der Waals surface area contributed by atoms with Crippen LogP contribution in [0, 0.1) is 6.92 Å². The summed E-state index contributed by atoms with van der Waals surface area (Å²) in [6, 6.07) is 9.19. The Morgan fingerprint density at radius 1 is 1.36 bits per heavy atom. The normalized spacial score (nSPS) is 10.9. The Balaban J connectivity index is 2.20. The van der Waals surface area contributed by atoms with Gasteiger partial charge in [-0.3, -0.25) is 0 Å². The fourth-order valence-corrected chi connectivity index (χ4v) is 2.92. The van der Waals surface area contributed by atoms with Crippen LogP contribution in [0.1, 0.15) is 15.9 Å². The molecule has 1 heterocycles. The van der Waals surface area contributed by atoms with Gasteiger partial charge < -0.3 is 4.74 Å². The molecule has 0 saturated heterocycles. The van der Waals surface area contributed by atoms with Gasteiger partial charge in [0.25, 0.3) is 0 Å². The van der Waals surface area contributed by atoms with Crippen molar-refractivity contribution in [2.24, 2.45) is 0 Å². The Kier molecular flexibility index (Phi) is 3.93. The maximum Gasteiger partial charge on any atom is 0.337 e. The molecule has 0 unspecified atom stereocenters. The third-order valence-corrected chi connectivity index (χ3v) is 4.62. The Morgan fingerprint density at radius 3 is 2.86 bits per heavy atom. The van der Waals surface area contributed by atoms with E-state index < -0.39 is 5.97 Å². The molecule has 0 aliphatic carbocycles. The maximum absolute atomic E-state index is 11.7. The second-order valence-electron chi connectivity index (χ2n) is 4.85.